The van der Waals surface area contributed by atoms with Gasteiger partial charge in [0.05, 0.1) is 12.1 Å². The Morgan fingerprint density at radius 2 is 1.62 bits per heavy atom. The van der Waals surface area contributed by atoms with Crippen LogP contribution in [0.3, 0.4) is 0 Å². The van der Waals surface area contributed by atoms with Crippen LogP contribution < -0.4 is 0 Å². The minimum Gasteiger partial charge on any atom is -0.333 e. The number of nitrogens with zero attached hydrogens (tertiary/aromatic N) is 3. The molecule has 0 amide bonds. The quantitative estimate of drug-likeness (QED) is 0.646. The zero-order valence-electron chi connectivity index (χ0n) is 17.1. The molecule has 0 aromatic carbocycles. The Morgan fingerprint density at radius 3 is 2.04 bits per heavy atom. The van der Waals surface area contributed by atoms with E-state index in [1.54, 1.807) is 0 Å². The second kappa shape index (κ2) is 5.90. The van der Waals surface area contributed by atoms with Gasteiger partial charge in [-0.1, -0.05) is 62.3 Å². The predicted octanol–water partition coefficient (Wildman–Crippen LogP) is 5.40. The minimum absolute atomic E-state index is 0.0136. The van der Waals surface area contributed by atoms with Crippen LogP contribution in [0.1, 0.15) is 75.2 Å². The third-order valence-electron chi connectivity index (χ3n) is 5.02. The van der Waals surface area contributed by atoms with Crippen LogP contribution in [0, 0.1) is 33.5 Å². The number of rotatable bonds is 1. The average Bonchev–Trinajstić information content (AvgIpc) is 2.76. The van der Waals surface area contributed by atoms with Crippen LogP contribution >= 0.6 is 0 Å². The van der Waals surface area contributed by atoms with E-state index in [0.717, 1.165) is 13.0 Å². The second-order valence-electron chi connectivity index (χ2n) is 10.6. The van der Waals surface area contributed by atoms with Crippen LogP contribution in [0.25, 0.3) is 0 Å². The summed E-state index contributed by atoms with van der Waals surface area (Å²) in [5.74, 6) is 1.62. The number of amidine groups is 1. The fourth-order valence-corrected chi connectivity index (χ4v) is 4.03. The number of aliphatic imine (C=N–C) groups is 1. The summed E-state index contributed by atoms with van der Waals surface area (Å²) in [6, 6.07) is 2.59. The highest BCUT2D eigenvalue weighted by atomic mass is 15.3. The molecule has 0 aliphatic carbocycles. The van der Waals surface area contributed by atoms with Crippen LogP contribution in [-0.4, -0.2) is 23.3 Å². The van der Waals surface area contributed by atoms with Gasteiger partial charge in [-0.25, -0.2) is 0 Å². The zero-order valence-corrected chi connectivity index (χ0v) is 17.1. The maximum Gasteiger partial charge on any atom is 0.109 e. The third kappa shape index (κ3) is 3.53. The molecule has 0 spiro atoms. The molecule has 3 heteroatoms. The van der Waals surface area contributed by atoms with Crippen LogP contribution in [0.15, 0.2) is 16.3 Å². The Kier molecular flexibility index (Phi) is 4.68. The van der Waals surface area contributed by atoms with E-state index in [9.17, 15) is 5.26 Å². The van der Waals surface area contributed by atoms with Crippen molar-refractivity contribution in [1.29, 1.82) is 5.26 Å². The van der Waals surface area contributed by atoms with Gasteiger partial charge in [-0.05, 0) is 28.7 Å². The zero-order chi connectivity index (χ0) is 18.5. The summed E-state index contributed by atoms with van der Waals surface area (Å²) in [5.41, 5.74) is 3.11. The Bertz CT molecular complexity index is 597. The van der Waals surface area contributed by atoms with Crippen molar-refractivity contribution in [2.75, 3.05) is 6.54 Å². The summed E-state index contributed by atoms with van der Waals surface area (Å²) in [6.07, 6.45) is 1.65. The molecule has 0 aromatic rings. The van der Waals surface area contributed by atoms with Gasteiger partial charge in [0, 0.05) is 24.1 Å². The lowest BCUT2D eigenvalue weighted by molar-refractivity contribution is 0.285. The molecule has 0 N–H and O–H groups in total. The number of allylic oxidation sites excluding steroid dienone is 1. The van der Waals surface area contributed by atoms with Crippen molar-refractivity contribution in [1.82, 2.24) is 4.90 Å². The Labute approximate surface area is 148 Å². The van der Waals surface area contributed by atoms with Gasteiger partial charge in [-0.3, -0.25) is 4.99 Å². The smallest absolute Gasteiger partial charge is 0.109 e. The molecule has 134 valence electrons. The molecule has 0 aromatic heterocycles. The molecular formula is C21H35N3. The summed E-state index contributed by atoms with van der Waals surface area (Å²) in [4.78, 5) is 7.76. The van der Waals surface area contributed by atoms with Gasteiger partial charge in [-0.15, -0.1) is 0 Å². The molecule has 0 saturated carbocycles. The van der Waals surface area contributed by atoms with Crippen molar-refractivity contribution in [2.45, 2.75) is 81.2 Å². The monoisotopic (exact) mass is 329 g/mol. The first kappa shape index (κ1) is 19.0. The lowest BCUT2D eigenvalue weighted by atomic mass is 9.70. The largest absolute Gasteiger partial charge is 0.333 e. The van der Waals surface area contributed by atoms with Crippen molar-refractivity contribution in [3.05, 3.63) is 11.3 Å². The van der Waals surface area contributed by atoms with E-state index in [0.29, 0.717) is 12.3 Å². The summed E-state index contributed by atoms with van der Waals surface area (Å²) < 4.78 is 0. The molecule has 2 heterocycles. The summed E-state index contributed by atoms with van der Waals surface area (Å²) in [6.45, 7) is 21.5. The first-order valence-corrected chi connectivity index (χ1v) is 9.23. The van der Waals surface area contributed by atoms with Crippen LogP contribution in [0.4, 0.5) is 0 Å². The number of hydrogen-bond donors (Lipinski definition) is 0. The number of nitriles is 1. The molecule has 2 aliphatic heterocycles. The molecule has 3 nitrogen and oxygen atoms in total. The van der Waals surface area contributed by atoms with E-state index >= 15 is 0 Å². The molecule has 1 saturated heterocycles. The van der Waals surface area contributed by atoms with Crippen molar-refractivity contribution in [3.63, 3.8) is 0 Å². The molecule has 0 radical (unpaired) electrons. The highest BCUT2D eigenvalue weighted by Gasteiger charge is 2.46. The normalized spacial score (nSPS) is 25.5. The van der Waals surface area contributed by atoms with E-state index in [4.69, 9.17) is 4.99 Å². The molecule has 2 rings (SSSR count). The maximum absolute atomic E-state index is 9.18. The Hall–Kier alpha value is -1.30. The summed E-state index contributed by atoms with van der Waals surface area (Å²) >= 11 is 0. The molecule has 1 fully saturated rings. The molecule has 0 bridgehead atoms. The van der Waals surface area contributed by atoms with Crippen molar-refractivity contribution >= 4 is 5.84 Å². The van der Waals surface area contributed by atoms with Crippen molar-refractivity contribution in [2.24, 2.45) is 27.2 Å². The summed E-state index contributed by atoms with van der Waals surface area (Å²) in [5, 5.41) is 9.18. The van der Waals surface area contributed by atoms with E-state index in [-0.39, 0.29) is 22.3 Å². The molecular weight excluding hydrogens is 294 g/mol. The lowest BCUT2D eigenvalue weighted by Crippen LogP contribution is -2.47. The fraction of sp³-hybridized carbons (Fsp3) is 0.810. The Morgan fingerprint density at radius 1 is 1.04 bits per heavy atom. The van der Waals surface area contributed by atoms with Crippen LogP contribution in [0.2, 0.25) is 0 Å². The fourth-order valence-electron chi connectivity index (χ4n) is 4.03. The third-order valence-corrected chi connectivity index (χ3v) is 5.02. The van der Waals surface area contributed by atoms with Gasteiger partial charge in [0.25, 0.3) is 0 Å². The standard InChI is InChI=1S/C21H35N3/c1-19(2,3)16-15-12-14(10-11-22)13-24(15)18(21(7,8)9)23-17(16)20(4,5)6/h14,17H,10,12-13H2,1-9H3. The minimum atomic E-state index is 0.0136. The van der Waals surface area contributed by atoms with E-state index in [2.05, 4.69) is 73.3 Å². The first-order chi connectivity index (χ1) is 10.8. The first-order valence-electron chi connectivity index (χ1n) is 9.23. The number of hydrogen-bond acceptors (Lipinski definition) is 3. The van der Waals surface area contributed by atoms with Gasteiger partial charge in [0.2, 0.25) is 0 Å². The highest BCUT2D eigenvalue weighted by Crippen LogP contribution is 2.48. The lowest BCUT2D eigenvalue weighted by Gasteiger charge is -2.45. The van der Waals surface area contributed by atoms with Gasteiger partial charge in [-0.2, -0.15) is 5.26 Å². The van der Waals surface area contributed by atoms with Crippen molar-refractivity contribution < 1.29 is 0 Å². The molecule has 2 atom stereocenters. The maximum atomic E-state index is 9.18. The van der Waals surface area contributed by atoms with Crippen molar-refractivity contribution in [3.8, 4) is 6.07 Å². The second-order valence-corrected chi connectivity index (χ2v) is 10.6. The molecule has 2 aliphatic rings. The van der Waals surface area contributed by atoms with E-state index in [1.165, 1.54) is 17.1 Å². The average molecular weight is 330 g/mol. The molecule has 2 unspecified atom stereocenters. The van der Waals surface area contributed by atoms with E-state index < -0.39 is 0 Å². The highest BCUT2D eigenvalue weighted by molar-refractivity contribution is 5.90. The molecule has 24 heavy (non-hydrogen) atoms. The number of fused-ring (bicyclic) bond motifs is 1. The predicted molar refractivity (Wildman–Crippen MR) is 102 cm³/mol. The van der Waals surface area contributed by atoms with Gasteiger partial charge in [0.15, 0.2) is 0 Å². The Balaban J connectivity index is 2.65. The SMILES string of the molecule is CC(C)(C)C1=NC(C(C)(C)C)C(C(C)(C)C)=C2CC(CC#N)CN12. The topological polar surface area (TPSA) is 39.4 Å². The van der Waals surface area contributed by atoms with Gasteiger partial charge in [0.1, 0.15) is 5.84 Å². The summed E-state index contributed by atoms with van der Waals surface area (Å²) in [7, 11) is 0. The van der Waals surface area contributed by atoms with Crippen LogP contribution in [-0.2, 0) is 0 Å². The van der Waals surface area contributed by atoms with Gasteiger partial charge >= 0.3 is 0 Å². The van der Waals surface area contributed by atoms with Crippen LogP contribution in [0.5, 0.6) is 0 Å². The van der Waals surface area contributed by atoms with E-state index in [1.807, 2.05) is 0 Å². The van der Waals surface area contributed by atoms with Gasteiger partial charge < -0.3 is 4.90 Å².